The number of furan rings is 1. The van der Waals surface area contributed by atoms with E-state index in [1.165, 1.54) is 12.5 Å². The first-order valence-electron chi connectivity index (χ1n) is 8.09. The zero-order valence-corrected chi connectivity index (χ0v) is 13.9. The molecule has 3 aliphatic rings. The molecule has 1 atom stereocenters. The van der Waals surface area contributed by atoms with Crippen molar-refractivity contribution in [3.8, 4) is 0 Å². The lowest BCUT2D eigenvalue weighted by Crippen LogP contribution is -2.59. The molecule has 1 saturated carbocycles. The standard InChI is InChI=1S/C15H19N3O5S/c19-14(11-3-7-23-10-11)17-5-4-16-6-8-24(21,22)18(12-1-2-12)15(20)13(16)9-17/h3,7,10,12-13H,1-2,4-6,8-9H2. The largest absolute Gasteiger partial charge is 0.472 e. The lowest BCUT2D eigenvalue weighted by molar-refractivity contribution is -0.133. The van der Waals surface area contributed by atoms with Crippen molar-refractivity contribution in [1.82, 2.24) is 14.1 Å². The Morgan fingerprint density at radius 1 is 1.21 bits per heavy atom. The van der Waals surface area contributed by atoms with Crippen LogP contribution in [0.15, 0.2) is 23.0 Å². The molecule has 3 heterocycles. The van der Waals surface area contributed by atoms with Crippen LogP contribution in [0.5, 0.6) is 0 Å². The average molecular weight is 353 g/mol. The predicted molar refractivity (Wildman–Crippen MR) is 83.6 cm³/mol. The summed E-state index contributed by atoms with van der Waals surface area (Å²) in [5.41, 5.74) is 0.441. The Labute approximate surface area is 140 Å². The molecule has 0 radical (unpaired) electrons. The minimum Gasteiger partial charge on any atom is -0.472 e. The van der Waals surface area contributed by atoms with Crippen LogP contribution < -0.4 is 0 Å². The summed E-state index contributed by atoms with van der Waals surface area (Å²) in [7, 11) is -3.56. The van der Waals surface area contributed by atoms with E-state index in [2.05, 4.69) is 0 Å². The quantitative estimate of drug-likeness (QED) is 0.728. The van der Waals surface area contributed by atoms with Gasteiger partial charge in [-0.3, -0.25) is 14.5 Å². The van der Waals surface area contributed by atoms with Gasteiger partial charge >= 0.3 is 0 Å². The molecular weight excluding hydrogens is 334 g/mol. The van der Waals surface area contributed by atoms with E-state index in [9.17, 15) is 18.0 Å². The third-order valence-electron chi connectivity index (χ3n) is 4.86. The normalized spacial score (nSPS) is 27.7. The van der Waals surface area contributed by atoms with Crippen molar-refractivity contribution in [2.75, 3.05) is 31.9 Å². The first kappa shape index (κ1) is 15.6. The second-order valence-electron chi connectivity index (χ2n) is 6.50. The molecule has 9 heteroatoms. The third-order valence-corrected chi connectivity index (χ3v) is 6.64. The van der Waals surface area contributed by atoms with E-state index in [-0.39, 0.29) is 30.2 Å². The number of hydrogen-bond donors (Lipinski definition) is 0. The fourth-order valence-corrected chi connectivity index (χ4v) is 5.13. The molecule has 0 bridgehead atoms. The predicted octanol–water partition coefficient (Wildman–Crippen LogP) is -0.260. The van der Waals surface area contributed by atoms with Crippen molar-refractivity contribution in [2.45, 2.75) is 24.9 Å². The maximum atomic E-state index is 12.9. The number of hydrogen-bond acceptors (Lipinski definition) is 6. The number of nitrogens with zero attached hydrogens (tertiary/aromatic N) is 3. The van der Waals surface area contributed by atoms with Crippen LogP contribution in [0, 0.1) is 0 Å². The van der Waals surface area contributed by atoms with E-state index in [0.29, 0.717) is 25.2 Å². The van der Waals surface area contributed by atoms with E-state index in [0.717, 1.165) is 17.1 Å². The van der Waals surface area contributed by atoms with E-state index >= 15 is 0 Å². The summed E-state index contributed by atoms with van der Waals surface area (Å²) in [6.45, 7) is 1.50. The van der Waals surface area contributed by atoms with Gasteiger partial charge in [-0.2, -0.15) is 0 Å². The molecule has 2 saturated heterocycles. The molecule has 0 spiro atoms. The molecular formula is C15H19N3O5S. The van der Waals surface area contributed by atoms with Crippen molar-refractivity contribution in [3.63, 3.8) is 0 Å². The Kier molecular flexibility index (Phi) is 3.65. The first-order chi connectivity index (χ1) is 11.5. The summed E-state index contributed by atoms with van der Waals surface area (Å²) >= 11 is 0. The number of sulfonamides is 1. The molecule has 1 unspecified atom stereocenters. The second-order valence-corrected chi connectivity index (χ2v) is 8.46. The van der Waals surface area contributed by atoms with E-state index in [1.54, 1.807) is 11.0 Å². The molecule has 24 heavy (non-hydrogen) atoms. The molecule has 8 nitrogen and oxygen atoms in total. The molecule has 4 rings (SSSR count). The third kappa shape index (κ3) is 2.61. The molecule has 2 amide bonds. The fraction of sp³-hybridized carbons (Fsp3) is 0.600. The highest BCUT2D eigenvalue weighted by molar-refractivity contribution is 7.89. The van der Waals surface area contributed by atoms with Crippen molar-refractivity contribution in [1.29, 1.82) is 0 Å². The average Bonchev–Trinajstić information content (AvgIpc) is 3.24. The van der Waals surface area contributed by atoms with Crippen LogP contribution in [-0.2, 0) is 14.8 Å². The van der Waals surface area contributed by atoms with Gasteiger partial charge in [-0.05, 0) is 18.9 Å². The Balaban J connectivity index is 1.58. The Hall–Kier alpha value is -1.87. The maximum absolute atomic E-state index is 12.9. The zero-order chi connectivity index (χ0) is 16.9. The summed E-state index contributed by atoms with van der Waals surface area (Å²) < 4.78 is 30.9. The van der Waals surface area contributed by atoms with Gasteiger partial charge in [0.1, 0.15) is 12.3 Å². The van der Waals surface area contributed by atoms with Crippen molar-refractivity contribution < 1.29 is 22.4 Å². The molecule has 1 aliphatic carbocycles. The highest BCUT2D eigenvalue weighted by atomic mass is 32.2. The minimum absolute atomic E-state index is 0.0403. The number of carbonyl (C=O) groups excluding carboxylic acids is 2. The van der Waals surface area contributed by atoms with Crippen LogP contribution in [0.4, 0.5) is 0 Å². The highest BCUT2D eigenvalue weighted by Gasteiger charge is 2.48. The monoisotopic (exact) mass is 353 g/mol. The highest BCUT2D eigenvalue weighted by Crippen LogP contribution is 2.32. The van der Waals surface area contributed by atoms with Gasteiger partial charge < -0.3 is 9.32 Å². The number of piperazine rings is 1. The summed E-state index contributed by atoms with van der Waals surface area (Å²) in [4.78, 5) is 28.9. The zero-order valence-electron chi connectivity index (χ0n) is 13.1. The van der Waals surface area contributed by atoms with Crippen molar-refractivity contribution >= 4 is 21.8 Å². The van der Waals surface area contributed by atoms with Crippen LogP contribution in [0.3, 0.4) is 0 Å². The Morgan fingerprint density at radius 3 is 2.67 bits per heavy atom. The fourth-order valence-electron chi connectivity index (χ4n) is 3.41. The van der Waals surface area contributed by atoms with Crippen molar-refractivity contribution in [2.24, 2.45) is 0 Å². The van der Waals surface area contributed by atoms with E-state index in [1.807, 2.05) is 4.90 Å². The minimum atomic E-state index is -3.56. The van der Waals surface area contributed by atoms with Crippen LogP contribution >= 0.6 is 0 Å². The summed E-state index contributed by atoms with van der Waals surface area (Å²) in [5.74, 6) is -0.623. The van der Waals surface area contributed by atoms with Crippen LogP contribution in [-0.4, -0.2) is 78.4 Å². The Bertz CT molecular complexity index is 756. The van der Waals surface area contributed by atoms with Crippen LogP contribution in [0.25, 0.3) is 0 Å². The molecule has 2 aliphatic heterocycles. The van der Waals surface area contributed by atoms with Gasteiger partial charge in [0.25, 0.3) is 11.8 Å². The van der Waals surface area contributed by atoms with Gasteiger partial charge in [-0.1, -0.05) is 0 Å². The van der Waals surface area contributed by atoms with E-state index < -0.39 is 16.1 Å². The topological polar surface area (TPSA) is 91.1 Å². The van der Waals surface area contributed by atoms with Crippen LogP contribution in [0.1, 0.15) is 23.2 Å². The van der Waals surface area contributed by atoms with Gasteiger partial charge in [-0.15, -0.1) is 0 Å². The Morgan fingerprint density at radius 2 is 2.00 bits per heavy atom. The molecule has 1 aromatic heterocycles. The molecule has 1 aromatic rings. The van der Waals surface area contributed by atoms with Gasteiger partial charge in [-0.25, -0.2) is 12.7 Å². The smallest absolute Gasteiger partial charge is 0.257 e. The summed E-state index contributed by atoms with van der Waals surface area (Å²) in [5, 5.41) is 0. The maximum Gasteiger partial charge on any atom is 0.257 e. The second kappa shape index (κ2) is 5.59. The molecule has 3 fully saturated rings. The first-order valence-corrected chi connectivity index (χ1v) is 9.70. The van der Waals surface area contributed by atoms with Gasteiger partial charge in [0, 0.05) is 32.2 Å². The number of carbonyl (C=O) groups is 2. The summed E-state index contributed by atoms with van der Waals surface area (Å²) in [6, 6.07) is 0.805. The van der Waals surface area contributed by atoms with Gasteiger partial charge in [0.05, 0.1) is 17.6 Å². The molecule has 130 valence electrons. The lowest BCUT2D eigenvalue weighted by atomic mass is 10.1. The molecule has 0 N–H and O–H groups in total. The SMILES string of the molecule is O=C(c1ccoc1)N1CCN2CCS(=O)(=O)N(C3CC3)C(=O)C2C1. The van der Waals surface area contributed by atoms with Gasteiger partial charge in [0.15, 0.2) is 0 Å². The van der Waals surface area contributed by atoms with Crippen molar-refractivity contribution in [3.05, 3.63) is 24.2 Å². The lowest BCUT2D eigenvalue weighted by Gasteiger charge is -2.39. The molecule has 0 aromatic carbocycles. The number of amides is 2. The number of rotatable bonds is 2. The van der Waals surface area contributed by atoms with E-state index in [4.69, 9.17) is 4.42 Å². The summed E-state index contributed by atoms with van der Waals surface area (Å²) in [6.07, 6.45) is 4.27. The van der Waals surface area contributed by atoms with Gasteiger partial charge in [0.2, 0.25) is 10.0 Å². The number of fused-ring (bicyclic) bond motifs is 1. The van der Waals surface area contributed by atoms with Crippen LogP contribution in [0.2, 0.25) is 0 Å².